The van der Waals surface area contributed by atoms with E-state index >= 15 is 0 Å². The summed E-state index contributed by atoms with van der Waals surface area (Å²) in [5.41, 5.74) is 3.39. The maximum atomic E-state index is 13.0. The highest BCUT2D eigenvalue weighted by molar-refractivity contribution is 5.96. The zero-order chi connectivity index (χ0) is 22.9. The minimum absolute atomic E-state index is 0.00161. The lowest BCUT2D eigenvalue weighted by atomic mass is 9.98. The number of carboxylic acids is 1. The van der Waals surface area contributed by atoms with E-state index in [4.69, 9.17) is 0 Å². The lowest BCUT2D eigenvalue weighted by Gasteiger charge is -2.31. The number of nitrogens with zero attached hydrogens (tertiary/aromatic N) is 2. The number of H-pyrrole nitrogens is 1. The van der Waals surface area contributed by atoms with Crippen LogP contribution in [0.15, 0.2) is 61.1 Å². The largest absolute Gasteiger partial charge is 0.478 e. The molecule has 0 aliphatic rings. The number of aromatic carboxylic acids is 1. The van der Waals surface area contributed by atoms with Crippen LogP contribution in [0, 0.1) is 0 Å². The number of amides is 1. The maximum Gasteiger partial charge on any atom is 0.336 e. The zero-order valence-corrected chi connectivity index (χ0v) is 18.2. The molecule has 7 heteroatoms. The van der Waals surface area contributed by atoms with Crippen molar-refractivity contribution >= 4 is 11.9 Å². The highest BCUT2D eigenvalue weighted by atomic mass is 16.4. The summed E-state index contributed by atoms with van der Waals surface area (Å²) in [7, 11) is 0. The molecule has 0 fully saturated rings. The number of unbranched alkanes of at least 4 members (excludes halogenated alkanes) is 1. The molecule has 0 saturated heterocycles. The van der Waals surface area contributed by atoms with E-state index in [0.717, 1.165) is 29.7 Å². The van der Waals surface area contributed by atoms with E-state index < -0.39 is 5.97 Å². The second kappa shape index (κ2) is 11.2. The van der Waals surface area contributed by atoms with Crippen molar-refractivity contribution in [2.75, 3.05) is 6.61 Å². The predicted molar refractivity (Wildman–Crippen MR) is 122 cm³/mol. The van der Waals surface area contributed by atoms with Crippen LogP contribution in [0.5, 0.6) is 0 Å². The fraction of sp³-hybridized carbons (Fsp3) is 0.320. The molecule has 168 valence electrons. The molecule has 2 aromatic carbocycles. The molecule has 7 nitrogen and oxygen atoms in total. The zero-order valence-electron chi connectivity index (χ0n) is 18.2. The molecular formula is C25H29N3O4. The molecular weight excluding hydrogens is 406 g/mol. The number of aromatic nitrogens is 2. The number of aliphatic hydroxyl groups excluding tert-OH is 1. The molecule has 0 aliphatic heterocycles. The molecule has 0 radical (unpaired) electrons. The van der Waals surface area contributed by atoms with E-state index in [2.05, 4.69) is 9.97 Å². The summed E-state index contributed by atoms with van der Waals surface area (Å²) in [5, 5.41) is 19.5. The van der Waals surface area contributed by atoms with Gasteiger partial charge < -0.3 is 20.1 Å². The standard InChI is InChI=1S/C25H29N3O4/c1-2-3-8-24(30)28(21(16-29)13-20-14-26-17-27-20)15-18-9-11-19(12-10-18)22-6-4-5-7-23(22)25(31)32/h4-7,9-12,14,17,21,29H,2-3,8,13,15-16H2,1H3,(H,26,27)(H,31,32)/t21-/m0/s1. The number of rotatable bonds is 11. The molecule has 1 heterocycles. The van der Waals surface area contributed by atoms with E-state index in [1.54, 1.807) is 35.6 Å². The minimum Gasteiger partial charge on any atom is -0.478 e. The molecule has 3 N–H and O–H groups in total. The third-order valence-electron chi connectivity index (χ3n) is 5.49. The summed E-state index contributed by atoms with van der Waals surface area (Å²) in [6.45, 7) is 2.24. The maximum absolute atomic E-state index is 13.0. The second-order valence-electron chi connectivity index (χ2n) is 7.77. The van der Waals surface area contributed by atoms with Gasteiger partial charge in [0.25, 0.3) is 0 Å². The van der Waals surface area contributed by atoms with Crippen LogP contribution in [0.25, 0.3) is 11.1 Å². The lowest BCUT2D eigenvalue weighted by molar-refractivity contribution is -0.135. The molecule has 3 rings (SSSR count). The molecule has 0 bridgehead atoms. The topological polar surface area (TPSA) is 107 Å². The molecule has 0 aliphatic carbocycles. The Labute approximate surface area is 187 Å². The average molecular weight is 436 g/mol. The van der Waals surface area contributed by atoms with Gasteiger partial charge in [0.15, 0.2) is 0 Å². The van der Waals surface area contributed by atoms with Crippen molar-refractivity contribution in [1.82, 2.24) is 14.9 Å². The highest BCUT2D eigenvalue weighted by Gasteiger charge is 2.24. The van der Waals surface area contributed by atoms with Crippen LogP contribution >= 0.6 is 0 Å². The number of nitrogens with one attached hydrogen (secondary N) is 1. The Morgan fingerprint density at radius 3 is 2.50 bits per heavy atom. The predicted octanol–water partition coefficient (Wildman–Crippen LogP) is 3.90. The summed E-state index contributed by atoms with van der Waals surface area (Å²) in [5.74, 6) is -0.969. The summed E-state index contributed by atoms with van der Waals surface area (Å²) >= 11 is 0. The van der Waals surface area contributed by atoms with Gasteiger partial charge in [-0.05, 0) is 29.2 Å². The first-order chi connectivity index (χ1) is 15.5. The van der Waals surface area contributed by atoms with Crippen LogP contribution in [0.1, 0.15) is 47.8 Å². The fourth-order valence-corrected chi connectivity index (χ4v) is 3.72. The van der Waals surface area contributed by atoms with Crippen molar-refractivity contribution in [2.45, 2.75) is 45.2 Å². The van der Waals surface area contributed by atoms with Crippen LogP contribution in [-0.4, -0.2) is 49.6 Å². The van der Waals surface area contributed by atoms with Gasteiger partial charge in [0, 0.05) is 25.6 Å². The number of hydrogen-bond donors (Lipinski definition) is 3. The molecule has 0 spiro atoms. The first-order valence-corrected chi connectivity index (χ1v) is 10.8. The van der Waals surface area contributed by atoms with Crippen molar-refractivity contribution in [3.05, 3.63) is 77.9 Å². The van der Waals surface area contributed by atoms with Gasteiger partial charge in [0.1, 0.15) is 0 Å². The Balaban J connectivity index is 1.82. The van der Waals surface area contributed by atoms with E-state index in [9.17, 15) is 19.8 Å². The number of hydrogen-bond acceptors (Lipinski definition) is 4. The normalized spacial score (nSPS) is 11.8. The van der Waals surface area contributed by atoms with Crippen molar-refractivity contribution in [2.24, 2.45) is 0 Å². The monoisotopic (exact) mass is 435 g/mol. The molecule has 1 amide bonds. The van der Waals surface area contributed by atoms with Crippen LogP contribution in [0.3, 0.4) is 0 Å². The Kier molecular flexibility index (Phi) is 8.16. The van der Waals surface area contributed by atoms with Gasteiger partial charge in [-0.25, -0.2) is 9.78 Å². The third kappa shape index (κ3) is 5.82. The number of aliphatic hydroxyl groups is 1. The summed E-state index contributed by atoms with van der Waals surface area (Å²) < 4.78 is 0. The summed E-state index contributed by atoms with van der Waals surface area (Å²) in [6, 6.07) is 14.0. The summed E-state index contributed by atoms with van der Waals surface area (Å²) in [6.07, 6.45) is 5.95. The van der Waals surface area contributed by atoms with Crippen LogP contribution in [-0.2, 0) is 17.8 Å². The lowest BCUT2D eigenvalue weighted by Crippen LogP contribution is -2.43. The Morgan fingerprint density at radius 1 is 1.12 bits per heavy atom. The molecule has 1 atom stereocenters. The number of benzene rings is 2. The molecule has 0 saturated carbocycles. The first-order valence-electron chi connectivity index (χ1n) is 10.8. The number of carbonyl (C=O) groups is 2. The molecule has 1 aromatic heterocycles. The number of imidazole rings is 1. The van der Waals surface area contributed by atoms with E-state index in [0.29, 0.717) is 24.9 Å². The first kappa shape index (κ1) is 23.2. The molecule has 0 unspecified atom stereocenters. The number of aromatic amines is 1. The van der Waals surface area contributed by atoms with Crippen molar-refractivity contribution in [3.63, 3.8) is 0 Å². The van der Waals surface area contributed by atoms with Gasteiger partial charge in [-0.2, -0.15) is 0 Å². The van der Waals surface area contributed by atoms with Crippen molar-refractivity contribution in [1.29, 1.82) is 0 Å². The average Bonchev–Trinajstić information content (AvgIpc) is 3.33. The van der Waals surface area contributed by atoms with Crippen molar-refractivity contribution in [3.8, 4) is 11.1 Å². The van der Waals surface area contributed by atoms with Gasteiger partial charge in [0.05, 0.1) is 30.2 Å². The van der Waals surface area contributed by atoms with Gasteiger partial charge in [-0.3, -0.25) is 4.79 Å². The number of carboxylic acid groups (broad SMARTS) is 1. The Bertz CT molecular complexity index is 1020. The second-order valence-corrected chi connectivity index (χ2v) is 7.77. The third-order valence-corrected chi connectivity index (χ3v) is 5.49. The highest BCUT2D eigenvalue weighted by Crippen LogP contribution is 2.25. The van der Waals surface area contributed by atoms with E-state index in [1.807, 2.05) is 37.3 Å². The SMILES string of the molecule is CCCCC(=O)N(Cc1ccc(-c2ccccc2C(=O)O)cc1)[C@H](CO)Cc1c[nH]cn1. The minimum atomic E-state index is -0.971. The van der Waals surface area contributed by atoms with E-state index in [1.165, 1.54) is 0 Å². The van der Waals surface area contributed by atoms with Crippen LogP contribution in [0.4, 0.5) is 0 Å². The summed E-state index contributed by atoms with van der Waals surface area (Å²) in [4.78, 5) is 33.4. The van der Waals surface area contributed by atoms with Gasteiger partial charge >= 0.3 is 5.97 Å². The fourth-order valence-electron chi connectivity index (χ4n) is 3.72. The Morgan fingerprint density at radius 2 is 1.88 bits per heavy atom. The van der Waals surface area contributed by atoms with E-state index in [-0.39, 0.29) is 24.1 Å². The van der Waals surface area contributed by atoms with Gasteiger partial charge in [0.2, 0.25) is 5.91 Å². The number of carbonyl (C=O) groups excluding carboxylic acids is 1. The van der Waals surface area contributed by atoms with Crippen molar-refractivity contribution < 1.29 is 19.8 Å². The van der Waals surface area contributed by atoms with Gasteiger partial charge in [-0.15, -0.1) is 0 Å². The smallest absolute Gasteiger partial charge is 0.336 e. The molecule has 3 aromatic rings. The van der Waals surface area contributed by atoms with Gasteiger partial charge in [-0.1, -0.05) is 55.8 Å². The molecule has 32 heavy (non-hydrogen) atoms. The van der Waals surface area contributed by atoms with Crippen LogP contribution < -0.4 is 0 Å². The quantitative estimate of drug-likeness (QED) is 0.424. The Hall–Kier alpha value is -3.45. The van der Waals surface area contributed by atoms with Crippen LogP contribution in [0.2, 0.25) is 0 Å².